The van der Waals surface area contributed by atoms with Gasteiger partial charge in [-0.1, -0.05) is 11.6 Å². The maximum atomic E-state index is 11.9. The summed E-state index contributed by atoms with van der Waals surface area (Å²) < 4.78 is 35.6. The number of hydrogen-bond donors (Lipinski definition) is 2. The zero-order valence-corrected chi connectivity index (χ0v) is 10.1. The molecule has 0 heterocycles. The highest BCUT2D eigenvalue weighted by Crippen LogP contribution is 2.21. The number of nitrogens with two attached hydrogens (primary N) is 1. The zero-order valence-electron chi connectivity index (χ0n) is 9.35. The van der Waals surface area contributed by atoms with Gasteiger partial charge in [-0.25, -0.2) is 0 Å². The maximum absolute atomic E-state index is 11.9. The van der Waals surface area contributed by atoms with Crippen molar-refractivity contribution >= 4 is 23.2 Å². The molecule has 3 N–H and O–H groups in total. The lowest BCUT2D eigenvalue weighted by Crippen LogP contribution is -2.25. The number of hydrogen-bond acceptors (Lipinski definition) is 2. The van der Waals surface area contributed by atoms with Crippen molar-refractivity contribution in [3.63, 3.8) is 0 Å². The number of carbonyl (C=O) groups excluding carboxylic acids is 1. The van der Waals surface area contributed by atoms with Gasteiger partial charge in [0.15, 0.2) is 0 Å². The van der Waals surface area contributed by atoms with E-state index in [2.05, 4.69) is 5.32 Å². The number of nitrogens with one attached hydrogen (secondary N) is 1. The van der Waals surface area contributed by atoms with E-state index in [0.29, 0.717) is 5.69 Å². The van der Waals surface area contributed by atoms with Crippen molar-refractivity contribution in [3.8, 4) is 0 Å². The Labute approximate surface area is 107 Å². The summed E-state index contributed by atoms with van der Waals surface area (Å²) in [6, 6.07) is 4.29. The Kier molecular flexibility index (Phi) is 4.84. The van der Waals surface area contributed by atoms with Crippen LogP contribution in [0.3, 0.4) is 0 Å². The molecule has 1 aromatic rings. The summed E-state index contributed by atoms with van der Waals surface area (Å²) in [4.78, 5) is 11.5. The molecule has 1 rings (SSSR count). The van der Waals surface area contributed by atoms with Gasteiger partial charge in [0.1, 0.15) is 0 Å². The highest BCUT2D eigenvalue weighted by molar-refractivity contribution is 6.33. The fourth-order valence-corrected chi connectivity index (χ4v) is 1.44. The van der Waals surface area contributed by atoms with Gasteiger partial charge in [-0.3, -0.25) is 4.79 Å². The number of amides is 1. The molecular formula is C11H12ClF3N2O. The van der Waals surface area contributed by atoms with Gasteiger partial charge in [0, 0.05) is 18.5 Å². The lowest BCUT2D eigenvalue weighted by atomic mass is 10.2. The van der Waals surface area contributed by atoms with Gasteiger partial charge in [-0.15, -0.1) is 0 Å². The SMILES string of the molecule is Nc1ccc(C(=O)NCCCC(F)(F)F)cc1Cl. The van der Waals surface area contributed by atoms with E-state index in [1.165, 1.54) is 18.2 Å². The Bertz CT molecular complexity index is 435. The van der Waals surface area contributed by atoms with Crippen LogP contribution in [-0.4, -0.2) is 18.6 Å². The molecule has 0 unspecified atom stereocenters. The molecule has 0 fully saturated rings. The second-order valence-electron chi connectivity index (χ2n) is 3.71. The topological polar surface area (TPSA) is 55.1 Å². The summed E-state index contributed by atoms with van der Waals surface area (Å²) >= 11 is 5.73. The Morgan fingerprint density at radius 3 is 2.61 bits per heavy atom. The van der Waals surface area contributed by atoms with Gasteiger partial charge < -0.3 is 11.1 Å². The molecule has 0 saturated heterocycles. The van der Waals surface area contributed by atoms with Crippen molar-refractivity contribution in [2.45, 2.75) is 19.0 Å². The van der Waals surface area contributed by atoms with Crippen LogP contribution in [0.2, 0.25) is 5.02 Å². The molecule has 18 heavy (non-hydrogen) atoms. The quantitative estimate of drug-likeness (QED) is 0.658. The average molecular weight is 281 g/mol. The fourth-order valence-electron chi connectivity index (χ4n) is 1.26. The van der Waals surface area contributed by atoms with Crippen LogP contribution in [-0.2, 0) is 0 Å². The van der Waals surface area contributed by atoms with Gasteiger partial charge in [0.25, 0.3) is 5.91 Å². The molecule has 0 aliphatic carbocycles. The van der Waals surface area contributed by atoms with Gasteiger partial charge in [-0.05, 0) is 24.6 Å². The molecule has 0 bridgehead atoms. The van der Waals surface area contributed by atoms with E-state index in [0.717, 1.165) is 0 Å². The first-order valence-corrected chi connectivity index (χ1v) is 5.57. The molecule has 3 nitrogen and oxygen atoms in total. The number of rotatable bonds is 4. The standard InChI is InChI=1S/C11H12ClF3N2O/c12-8-6-7(2-3-9(8)16)10(18)17-5-1-4-11(13,14)15/h2-3,6H,1,4-5,16H2,(H,17,18). The number of nitrogen functional groups attached to an aromatic ring is 1. The van der Waals surface area contributed by atoms with Crippen LogP contribution in [0.25, 0.3) is 0 Å². The van der Waals surface area contributed by atoms with Crippen molar-refractivity contribution in [1.82, 2.24) is 5.32 Å². The first-order valence-electron chi connectivity index (χ1n) is 5.19. The van der Waals surface area contributed by atoms with Crippen LogP contribution in [0.5, 0.6) is 0 Å². The van der Waals surface area contributed by atoms with E-state index in [9.17, 15) is 18.0 Å². The highest BCUT2D eigenvalue weighted by atomic mass is 35.5. The number of halogens is 4. The lowest BCUT2D eigenvalue weighted by Gasteiger charge is -2.08. The van der Waals surface area contributed by atoms with Crippen molar-refractivity contribution < 1.29 is 18.0 Å². The predicted octanol–water partition coefficient (Wildman–Crippen LogP) is 2.99. The molecule has 7 heteroatoms. The van der Waals surface area contributed by atoms with E-state index in [4.69, 9.17) is 17.3 Å². The van der Waals surface area contributed by atoms with E-state index >= 15 is 0 Å². The number of alkyl halides is 3. The zero-order chi connectivity index (χ0) is 13.8. The minimum atomic E-state index is -4.20. The Morgan fingerprint density at radius 2 is 2.06 bits per heavy atom. The van der Waals surface area contributed by atoms with E-state index in [1.807, 2.05) is 0 Å². The minimum absolute atomic E-state index is 0.0413. The van der Waals surface area contributed by atoms with Gasteiger partial charge in [0.2, 0.25) is 0 Å². The molecule has 0 saturated carbocycles. The van der Waals surface area contributed by atoms with Gasteiger partial charge in [0.05, 0.1) is 10.7 Å². The van der Waals surface area contributed by atoms with Crippen molar-refractivity contribution in [2.24, 2.45) is 0 Å². The maximum Gasteiger partial charge on any atom is 0.389 e. The third-order valence-electron chi connectivity index (χ3n) is 2.19. The van der Waals surface area contributed by atoms with Gasteiger partial charge >= 0.3 is 6.18 Å². The second kappa shape index (κ2) is 5.95. The van der Waals surface area contributed by atoms with Crippen LogP contribution in [0, 0.1) is 0 Å². The van der Waals surface area contributed by atoms with Crippen LogP contribution < -0.4 is 11.1 Å². The summed E-state index contributed by atoms with van der Waals surface area (Å²) in [6.07, 6.45) is -5.27. The molecule has 100 valence electrons. The molecule has 0 aliphatic heterocycles. The van der Waals surface area contributed by atoms with Crippen LogP contribution >= 0.6 is 11.6 Å². The van der Waals surface area contributed by atoms with Crippen molar-refractivity contribution in [2.75, 3.05) is 12.3 Å². The predicted molar refractivity (Wildman–Crippen MR) is 63.5 cm³/mol. The van der Waals surface area contributed by atoms with E-state index in [-0.39, 0.29) is 23.6 Å². The first-order chi connectivity index (χ1) is 8.29. The van der Waals surface area contributed by atoms with Crippen LogP contribution in [0.15, 0.2) is 18.2 Å². The second-order valence-corrected chi connectivity index (χ2v) is 4.12. The molecule has 0 aliphatic rings. The minimum Gasteiger partial charge on any atom is -0.398 e. The van der Waals surface area contributed by atoms with Crippen molar-refractivity contribution in [3.05, 3.63) is 28.8 Å². The molecule has 0 aromatic heterocycles. The Hall–Kier alpha value is -1.43. The normalized spacial score (nSPS) is 11.3. The monoisotopic (exact) mass is 280 g/mol. The lowest BCUT2D eigenvalue weighted by molar-refractivity contribution is -0.135. The molecule has 0 radical (unpaired) electrons. The third-order valence-corrected chi connectivity index (χ3v) is 2.51. The first kappa shape index (κ1) is 14.6. The molecule has 1 aromatic carbocycles. The van der Waals surface area contributed by atoms with Crippen LogP contribution in [0.4, 0.5) is 18.9 Å². The number of benzene rings is 1. The van der Waals surface area contributed by atoms with E-state index < -0.39 is 18.5 Å². The highest BCUT2D eigenvalue weighted by Gasteiger charge is 2.25. The molecule has 0 atom stereocenters. The summed E-state index contributed by atoms with van der Waals surface area (Å²) in [6.45, 7) is -0.0413. The van der Waals surface area contributed by atoms with E-state index in [1.54, 1.807) is 0 Å². The van der Waals surface area contributed by atoms with Gasteiger partial charge in [-0.2, -0.15) is 13.2 Å². The summed E-state index contributed by atoms with van der Waals surface area (Å²) in [5.74, 6) is -0.473. The summed E-state index contributed by atoms with van der Waals surface area (Å²) in [5.41, 5.74) is 6.07. The molecule has 1 amide bonds. The third kappa shape index (κ3) is 4.83. The Balaban J connectivity index is 2.43. The average Bonchev–Trinajstić information content (AvgIpc) is 2.26. The number of carbonyl (C=O) groups is 1. The smallest absolute Gasteiger partial charge is 0.389 e. The molecule has 0 spiro atoms. The van der Waals surface area contributed by atoms with Crippen LogP contribution in [0.1, 0.15) is 23.2 Å². The Morgan fingerprint density at radius 1 is 1.39 bits per heavy atom. The summed E-state index contributed by atoms with van der Waals surface area (Å²) in [5, 5.41) is 2.61. The number of anilines is 1. The fraction of sp³-hybridized carbons (Fsp3) is 0.364. The largest absolute Gasteiger partial charge is 0.398 e. The van der Waals surface area contributed by atoms with Crippen molar-refractivity contribution in [1.29, 1.82) is 0 Å². The summed E-state index contributed by atoms with van der Waals surface area (Å²) in [7, 11) is 0. The molecular weight excluding hydrogens is 269 g/mol.